The molecule has 0 aliphatic heterocycles. The molecule has 0 amide bonds. The second-order valence-electron chi connectivity index (χ2n) is 5.28. The normalized spacial score (nSPS) is 11.2. The van der Waals surface area contributed by atoms with Crippen molar-refractivity contribution in [1.29, 1.82) is 0 Å². The quantitative estimate of drug-likeness (QED) is 0.361. The van der Waals surface area contributed by atoms with Crippen LogP contribution in [0.5, 0.6) is 0 Å². The molecule has 104 valence electrons. The molecule has 1 heteroatoms. The number of allylic oxidation sites excluding steroid dienone is 3. The van der Waals surface area contributed by atoms with Gasteiger partial charge in [0.2, 0.25) is 0 Å². The summed E-state index contributed by atoms with van der Waals surface area (Å²) < 4.78 is 0. The Kier molecular flexibility index (Phi) is 10.8. The van der Waals surface area contributed by atoms with Crippen LogP contribution >= 0.6 is 0 Å². The van der Waals surface area contributed by atoms with Crippen LogP contribution in [0.1, 0.15) is 57.8 Å². The van der Waals surface area contributed by atoms with Gasteiger partial charge in [-0.25, -0.2) is 0 Å². The molecule has 0 aromatic heterocycles. The van der Waals surface area contributed by atoms with Crippen LogP contribution in [0.2, 0.25) is 0 Å². The Balaban J connectivity index is 4.08. The minimum atomic E-state index is 0.319. The van der Waals surface area contributed by atoms with E-state index < -0.39 is 0 Å². The number of nitrogens with two attached hydrogens (primary N) is 1. The average Bonchev–Trinajstić information content (AvgIpc) is 2.35. The monoisotopic (exact) mass is 249 g/mol. The topological polar surface area (TPSA) is 26.0 Å². The lowest BCUT2D eigenvalue weighted by Crippen LogP contribution is -2.18. The Morgan fingerprint density at radius 3 is 1.61 bits per heavy atom. The Hall–Kier alpha value is -0.820. The minimum absolute atomic E-state index is 0.319. The summed E-state index contributed by atoms with van der Waals surface area (Å²) in [7, 11) is 0. The molecule has 0 atom stereocenters. The van der Waals surface area contributed by atoms with Gasteiger partial charge in [0.25, 0.3) is 0 Å². The van der Waals surface area contributed by atoms with E-state index in [1.807, 2.05) is 18.2 Å². The molecule has 18 heavy (non-hydrogen) atoms. The van der Waals surface area contributed by atoms with Crippen molar-refractivity contribution in [2.24, 2.45) is 11.1 Å². The first-order valence-corrected chi connectivity index (χ1v) is 7.27. The number of hydrogen-bond donors (Lipinski definition) is 1. The fraction of sp³-hybridized carbons (Fsp3) is 0.647. The zero-order chi connectivity index (χ0) is 13.7. The van der Waals surface area contributed by atoms with Gasteiger partial charge in [-0.05, 0) is 44.1 Å². The third-order valence-electron chi connectivity index (χ3n) is 3.64. The fourth-order valence-electron chi connectivity index (χ4n) is 2.65. The van der Waals surface area contributed by atoms with Crippen LogP contribution in [0, 0.1) is 5.41 Å². The summed E-state index contributed by atoms with van der Waals surface area (Å²) in [6.45, 7) is 12.5. The number of unbranched alkanes of at least 4 members (excludes halogenated alkanes) is 4. The zero-order valence-corrected chi connectivity index (χ0v) is 12.0. The van der Waals surface area contributed by atoms with Gasteiger partial charge in [-0.15, -0.1) is 19.7 Å². The summed E-state index contributed by atoms with van der Waals surface area (Å²) in [5.74, 6) is 0. The summed E-state index contributed by atoms with van der Waals surface area (Å²) >= 11 is 0. The first kappa shape index (κ1) is 17.2. The summed E-state index contributed by atoms with van der Waals surface area (Å²) in [6.07, 6.45) is 16.9. The molecule has 0 radical (unpaired) electrons. The van der Waals surface area contributed by atoms with Gasteiger partial charge < -0.3 is 5.73 Å². The van der Waals surface area contributed by atoms with Crippen molar-refractivity contribution in [3.05, 3.63) is 38.0 Å². The molecule has 0 heterocycles. The van der Waals surface area contributed by atoms with E-state index in [4.69, 9.17) is 5.73 Å². The second kappa shape index (κ2) is 11.3. The van der Waals surface area contributed by atoms with E-state index in [0.29, 0.717) is 5.41 Å². The molecule has 1 nitrogen and oxygen atoms in total. The predicted octanol–water partition coefficient (Wildman–Crippen LogP) is 5.00. The summed E-state index contributed by atoms with van der Waals surface area (Å²) in [5, 5.41) is 0. The molecule has 2 N–H and O–H groups in total. The molecular formula is C17H31N. The first-order chi connectivity index (χ1) is 8.74. The van der Waals surface area contributed by atoms with Gasteiger partial charge in [0.1, 0.15) is 0 Å². The van der Waals surface area contributed by atoms with Crippen LogP contribution < -0.4 is 5.73 Å². The van der Waals surface area contributed by atoms with E-state index in [-0.39, 0.29) is 0 Å². The van der Waals surface area contributed by atoms with Crippen LogP contribution in [0.25, 0.3) is 0 Å². The largest absolute Gasteiger partial charge is 0.330 e. The molecule has 0 aliphatic carbocycles. The standard InChI is InChI=1S/C17H31N/c1-4-12-17(13-5-2,14-6-3)15-10-8-7-9-11-16-18/h4-6H,1-3,7-16,18H2. The Morgan fingerprint density at radius 2 is 1.17 bits per heavy atom. The van der Waals surface area contributed by atoms with Crippen molar-refractivity contribution in [3.63, 3.8) is 0 Å². The number of rotatable bonds is 13. The van der Waals surface area contributed by atoms with Gasteiger partial charge in [-0.1, -0.05) is 43.9 Å². The molecule has 0 unspecified atom stereocenters. The van der Waals surface area contributed by atoms with E-state index >= 15 is 0 Å². The molecule has 0 fully saturated rings. The van der Waals surface area contributed by atoms with Crippen LogP contribution in [0.15, 0.2) is 38.0 Å². The second-order valence-corrected chi connectivity index (χ2v) is 5.28. The minimum Gasteiger partial charge on any atom is -0.330 e. The molecule has 0 saturated heterocycles. The maximum Gasteiger partial charge on any atom is -0.00773 e. The van der Waals surface area contributed by atoms with Gasteiger partial charge in [-0.2, -0.15) is 0 Å². The highest BCUT2D eigenvalue weighted by Crippen LogP contribution is 2.38. The summed E-state index contributed by atoms with van der Waals surface area (Å²) in [5.41, 5.74) is 5.82. The molecule has 0 aliphatic rings. The van der Waals surface area contributed by atoms with Crippen molar-refractivity contribution in [2.45, 2.75) is 57.8 Å². The lowest BCUT2D eigenvalue weighted by Gasteiger charge is -2.31. The van der Waals surface area contributed by atoms with E-state index in [2.05, 4.69) is 19.7 Å². The molecular weight excluding hydrogens is 218 g/mol. The van der Waals surface area contributed by atoms with E-state index in [9.17, 15) is 0 Å². The molecule has 0 saturated carbocycles. The van der Waals surface area contributed by atoms with E-state index in [1.165, 1.54) is 32.1 Å². The Morgan fingerprint density at radius 1 is 0.722 bits per heavy atom. The highest BCUT2D eigenvalue weighted by atomic mass is 14.5. The molecule has 0 aromatic carbocycles. The third kappa shape index (κ3) is 7.50. The highest BCUT2D eigenvalue weighted by molar-refractivity contribution is 4.95. The van der Waals surface area contributed by atoms with Crippen LogP contribution in [-0.2, 0) is 0 Å². The first-order valence-electron chi connectivity index (χ1n) is 7.27. The SMILES string of the molecule is C=CCC(CC=C)(CC=C)CCCCCCCN. The Bertz CT molecular complexity index is 203. The van der Waals surface area contributed by atoms with Crippen molar-refractivity contribution in [1.82, 2.24) is 0 Å². The number of hydrogen-bond acceptors (Lipinski definition) is 1. The van der Waals surface area contributed by atoms with Gasteiger partial charge in [-0.3, -0.25) is 0 Å². The summed E-state index contributed by atoms with van der Waals surface area (Å²) in [6, 6.07) is 0. The van der Waals surface area contributed by atoms with Gasteiger partial charge in [0.15, 0.2) is 0 Å². The fourth-order valence-corrected chi connectivity index (χ4v) is 2.65. The highest BCUT2D eigenvalue weighted by Gasteiger charge is 2.25. The van der Waals surface area contributed by atoms with Crippen molar-refractivity contribution in [3.8, 4) is 0 Å². The Labute approximate surface area is 114 Å². The predicted molar refractivity (Wildman–Crippen MR) is 83.6 cm³/mol. The van der Waals surface area contributed by atoms with Crippen molar-refractivity contribution in [2.75, 3.05) is 6.54 Å². The summed E-state index contributed by atoms with van der Waals surface area (Å²) in [4.78, 5) is 0. The van der Waals surface area contributed by atoms with Crippen LogP contribution in [0.3, 0.4) is 0 Å². The van der Waals surface area contributed by atoms with E-state index in [0.717, 1.165) is 32.2 Å². The lowest BCUT2D eigenvalue weighted by molar-refractivity contribution is 0.260. The smallest absolute Gasteiger partial charge is 0.00773 e. The van der Waals surface area contributed by atoms with Crippen molar-refractivity contribution >= 4 is 0 Å². The average molecular weight is 249 g/mol. The van der Waals surface area contributed by atoms with E-state index in [1.54, 1.807) is 0 Å². The van der Waals surface area contributed by atoms with Gasteiger partial charge in [0, 0.05) is 0 Å². The molecule has 0 aromatic rings. The van der Waals surface area contributed by atoms with Crippen LogP contribution in [0.4, 0.5) is 0 Å². The maximum absolute atomic E-state index is 5.50. The van der Waals surface area contributed by atoms with Crippen molar-refractivity contribution < 1.29 is 0 Å². The molecule has 0 bridgehead atoms. The molecule has 0 spiro atoms. The van der Waals surface area contributed by atoms with Gasteiger partial charge in [0.05, 0.1) is 0 Å². The van der Waals surface area contributed by atoms with Crippen LogP contribution in [-0.4, -0.2) is 6.54 Å². The zero-order valence-electron chi connectivity index (χ0n) is 12.0. The molecule has 0 rings (SSSR count). The third-order valence-corrected chi connectivity index (χ3v) is 3.64. The van der Waals surface area contributed by atoms with Gasteiger partial charge >= 0.3 is 0 Å². The maximum atomic E-state index is 5.50. The lowest BCUT2D eigenvalue weighted by atomic mass is 9.74.